The lowest BCUT2D eigenvalue weighted by Crippen LogP contribution is -2.50. The number of aliphatic hydroxyl groups excluding tert-OH is 1. The summed E-state index contributed by atoms with van der Waals surface area (Å²) in [6.07, 6.45) is 1.79. The van der Waals surface area contributed by atoms with Crippen LogP contribution < -0.4 is 5.73 Å². The topological polar surface area (TPSA) is 69.8 Å². The zero-order chi connectivity index (χ0) is 13.8. The highest BCUT2D eigenvalue weighted by atomic mass is 16.3. The molecular weight excluding hydrogens is 230 g/mol. The normalized spacial score (nSPS) is 18.4. The van der Waals surface area contributed by atoms with Crippen molar-refractivity contribution in [3.63, 3.8) is 0 Å². The summed E-state index contributed by atoms with van der Waals surface area (Å²) in [4.78, 5) is 16.4. The monoisotopic (exact) mass is 257 g/mol. The van der Waals surface area contributed by atoms with E-state index in [-0.39, 0.29) is 18.6 Å². The third-order valence-electron chi connectivity index (χ3n) is 3.55. The van der Waals surface area contributed by atoms with Crippen LogP contribution in [0.5, 0.6) is 0 Å². The Labute approximate surface area is 110 Å². The second-order valence-electron chi connectivity index (χ2n) is 5.97. The Hall–Kier alpha value is -0.650. The SMILES string of the molecule is CN(CCO)CC(C)(C)C(=O)N1CCC(N)CC1. The number of piperidine rings is 1. The van der Waals surface area contributed by atoms with Crippen LogP contribution in [0.15, 0.2) is 0 Å². The van der Waals surface area contributed by atoms with E-state index in [0.717, 1.165) is 25.9 Å². The quantitative estimate of drug-likeness (QED) is 0.721. The molecule has 5 nitrogen and oxygen atoms in total. The summed E-state index contributed by atoms with van der Waals surface area (Å²) >= 11 is 0. The van der Waals surface area contributed by atoms with Gasteiger partial charge in [0.25, 0.3) is 0 Å². The minimum absolute atomic E-state index is 0.124. The Kier molecular flexibility index (Phi) is 5.56. The molecule has 0 radical (unpaired) electrons. The Morgan fingerprint density at radius 2 is 2.00 bits per heavy atom. The van der Waals surface area contributed by atoms with Crippen molar-refractivity contribution in [2.45, 2.75) is 32.7 Å². The predicted octanol–water partition coefficient (Wildman–Crippen LogP) is -0.114. The maximum absolute atomic E-state index is 12.5. The standard InChI is InChI=1S/C13H27N3O2/c1-13(2,10-15(3)8-9-17)12(18)16-6-4-11(14)5-7-16/h11,17H,4-10,14H2,1-3H3. The van der Waals surface area contributed by atoms with Crippen molar-refractivity contribution in [2.24, 2.45) is 11.1 Å². The van der Waals surface area contributed by atoms with Gasteiger partial charge in [-0.05, 0) is 33.7 Å². The van der Waals surface area contributed by atoms with Gasteiger partial charge in [-0.25, -0.2) is 0 Å². The van der Waals surface area contributed by atoms with E-state index in [9.17, 15) is 4.79 Å². The van der Waals surface area contributed by atoms with Crippen LogP contribution in [0.1, 0.15) is 26.7 Å². The average molecular weight is 257 g/mol. The van der Waals surface area contributed by atoms with Crippen LogP contribution >= 0.6 is 0 Å². The highest BCUT2D eigenvalue weighted by Crippen LogP contribution is 2.22. The minimum atomic E-state index is -0.411. The highest BCUT2D eigenvalue weighted by Gasteiger charge is 2.34. The molecule has 0 atom stereocenters. The van der Waals surface area contributed by atoms with Crippen molar-refractivity contribution in [1.82, 2.24) is 9.80 Å². The van der Waals surface area contributed by atoms with Crippen LogP contribution in [0, 0.1) is 5.41 Å². The molecule has 0 unspecified atom stereocenters. The number of carbonyl (C=O) groups is 1. The van der Waals surface area contributed by atoms with Crippen molar-refractivity contribution in [2.75, 3.05) is 39.8 Å². The number of hydrogen-bond acceptors (Lipinski definition) is 4. The lowest BCUT2D eigenvalue weighted by molar-refractivity contribution is -0.142. The van der Waals surface area contributed by atoms with Gasteiger partial charge < -0.3 is 20.6 Å². The lowest BCUT2D eigenvalue weighted by atomic mass is 9.89. The first-order valence-electron chi connectivity index (χ1n) is 6.71. The lowest BCUT2D eigenvalue weighted by Gasteiger charge is -2.37. The number of likely N-dealkylation sites (N-methyl/N-ethyl adjacent to an activating group) is 1. The third-order valence-corrected chi connectivity index (χ3v) is 3.55. The molecule has 1 fully saturated rings. The maximum Gasteiger partial charge on any atom is 0.229 e. The third kappa shape index (κ3) is 4.23. The molecule has 1 aliphatic rings. The Morgan fingerprint density at radius 1 is 1.44 bits per heavy atom. The van der Waals surface area contributed by atoms with Crippen molar-refractivity contribution in [3.05, 3.63) is 0 Å². The van der Waals surface area contributed by atoms with Gasteiger partial charge in [-0.15, -0.1) is 0 Å². The fourth-order valence-electron chi connectivity index (χ4n) is 2.52. The molecule has 1 amide bonds. The van der Waals surface area contributed by atoms with E-state index in [1.807, 2.05) is 30.7 Å². The van der Waals surface area contributed by atoms with Crippen molar-refractivity contribution in [1.29, 1.82) is 0 Å². The van der Waals surface area contributed by atoms with Crippen LogP contribution in [0.4, 0.5) is 0 Å². The molecule has 0 aliphatic carbocycles. The van der Waals surface area contributed by atoms with E-state index in [1.165, 1.54) is 0 Å². The average Bonchev–Trinajstić information content (AvgIpc) is 2.28. The fourth-order valence-corrected chi connectivity index (χ4v) is 2.52. The van der Waals surface area contributed by atoms with Crippen LogP contribution in [0.3, 0.4) is 0 Å². The number of nitrogens with two attached hydrogens (primary N) is 1. The molecule has 0 aromatic carbocycles. The summed E-state index contributed by atoms with van der Waals surface area (Å²) in [5, 5.41) is 8.90. The van der Waals surface area contributed by atoms with Crippen LogP contribution in [0.25, 0.3) is 0 Å². The molecule has 0 spiro atoms. The predicted molar refractivity (Wildman–Crippen MR) is 72.2 cm³/mol. The summed E-state index contributed by atoms with van der Waals surface area (Å²) in [5.74, 6) is 0.194. The van der Waals surface area contributed by atoms with Gasteiger partial charge >= 0.3 is 0 Å². The second kappa shape index (κ2) is 6.50. The first-order valence-corrected chi connectivity index (χ1v) is 6.71. The number of aliphatic hydroxyl groups is 1. The fraction of sp³-hybridized carbons (Fsp3) is 0.923. The van der Waals surface area contributed by atoms with Crippen LogP contribution in [-0.2, 0) is 4.79 Å². The number of likely N-dealkylation sites (tertiary alicyclic amines) is 1. The second-order valence-corrected chi connectivity index (χ2v) is 5.97. The van der Waals surface area contributed by atoms with Gasteiger partial charge in [-0.1, -0.05) is 0 Å². The smallest absolute Gasteiger partial charge is 0.229 e. The number of hydrogen-bond donors (Lipinski definition) is 2. The summed E-state index contributed by atoms with van der Waals surface area (Å²) in [7, 11) is 1.93. The molecule has 0 saturated carbocycles. The van der Waals surface area contributed by atoms with E-state index in [0.29, 0.717) is 13.1 Å². The van der Waals surface area contributed by atoms with E-state index >= 15 is 0 Å². The van der Waals surface area contributed by atoms with E-state index in [4.69, 9.17) is 10.8 Å². The van der Waals surface area contributed by atoms with Crippen LogP contribution in [-0.4, -0.2) is 66.7 Å². The van der Waals surface area contributed by atoms with E-state index in [1.54, 1.807) is 0 Å². The first kappa shape index (κ1) is 15.4. The summed E-state index contributed by atoms with van der Waals surface area (Å²) < 4.78 is 0. The molecule has 3 N–H and O–H groups in total. The molecule has 1 aliphatic heterocycles. The highest BCUT2D eigenvalue weighted by molar-refractivity contribution is 5.82. The van der Waals surface area contributed by atoms with Crippen molar-refractivity contribution < 1.29 is 9.90 Å². The minimum Gasteiger partial charge on any atom is -0.395 e. The molecule has 18 heavy (non-hydrogen) atoms. The molecular formula is C13H27N3O2. The van der Waals surface area contributed by atoms with Crippen molar-refractivity contribution in [3.8, 4) is 0 Å². The zero-order valence-corrected chi connectivity index (χ0v) is 11.9. The molecule has 0 aromatic heterocycles. The Balaban J connectivity index is 2.52. The van der Waals surface area contributed by atoms with Gasteiger partial charge in [0, 0.05) is 32.2 Å². The number of nitrogens with zero attached hydrogens (tertiary/aromatic N) is 2. The van der Waals surface area contributed by atoms with Crippen LogP contribution in [0.2, 0.25) is 0 Å². The number of amides is 1. The molecule has 1 rings (SSSR count). The summed E-state index contributed by atoms with van der Waals surface area (Å²) in [6.45, 7) is 6.87. The van der Waals surface area contributed by atoms with E-state index in [2.05, 4.69) is 0 Å². The van der Waals surface area contributed by atoms with Gasteiger partial charge in [0.2, 0.25) is 5.91 Å². The van der Waals surface area contributed by atoms with Crippen molar-refractivity contribution >= 4 is 5.91 Å². The Morgan fingerprint density at radius 3 is 2.50 bits per heavy atom. The molecule has 0 bridgehead atoms. The van der Waals surface area contributed by atoms with Gasteiger partial charge in [0.1, 0.15) is 0 Å². The molecule has 1 saturated heterocycles. The molecule has 5 heteroatoms. The number of carbonyl (C=O) groups excluding carboxylic acids is 1. The zero-order valence-electron chi connectivity index (χ0n) is 11.9. The van der Waals surface area contributed by atoms with Gasteiger partial charge in [0.15, 0.2) is 0 Å². The van der Waals surface area contributed by atoms with E-state index < -0.39 is 5.41 Å². The summed E-state index contributed by atoms with van der Waals surface area (Å²) in [5.41, 5.74) is 5.44. The van der Waals surface area contributed by atoms with Gasteiger partial charge in [0.05, 0.1) is 12.0 Å². The van der Waals surface area contributed by atoms with Gasteiger partial charge in [-0.3, -0.25) is 4.79 Å². The molecule has 1 heterocycles. The largest absolute Gasteiger partial charge is 0.395 e. The first-order chi connectivity index (χ1) is 8.36. The number of rotatable bonds is 5. The van der Waals surface area contributed by atoms with Gasteiger partial charge in [-0.2, -0.15) is 0 Å². The summed E-state index contributed by atoms with van der Waals surface area (Å²) in [6, 6.07) is 0.245. The Bertz CT molecular complexity index is 273. The molecule has 0 aromatic rings. The molecule has 106 valence electrons. The maximum atomic E-state index is 12.5.